The maximum atomic E-state index is 13.0. The number of hydrogen-bond acceptors (Lipinski definition) is 4. The van der Waals surface area contributed by atoms with Crippen molar-refractivity contribution in [2.45, 2.75) is 76.7 Å². The zero-order chi connectivity index (χ0) is 20.4. The molecule has 29 heavy (non-hydrogen) atoms. The number of rotatable bonds is 4. The third-order valence-electron chi connectivity index (χ3n) is 6.75. The van der Waals surface area contributed by atoms with E-state index >= 15 is 0 Å². The lowest BCUT2D eigenvalue weighted by molar-refractivity contribution is -0.179. The Hall–Kier alpha value is -2.09. The number of likely N-dealkylation sites (tertiary alicyclic amines) is 1. The van der Waals surface area contributed by atoms with Crippen molar-refractivity contribution < 1.29 is 14.3 Å². The standard InChI is InChI=1S/C21H33N5O3/c1-3-24(4-2)18(27)17-15-26-14-11-22-19(26)21(29-17)9-12-25(13-10-21)20(28)23-16-7-5-6-8-16/h11,14,16-17H,3-10,12-13,15H2,1-2H3,(H,23,28)/t17-/m0/s1. The highest BCUT2D eigenvalue weighted by Crippen LogP contribution is 2.40. The van der Waals surface area contributed by atoms with E-state index in [2.05, 4.69) is 14.9 Å². The largest absolute Gasteiger partial charge is 0.352 e. The number of aromatic nitrogens is 2. The molecule has 8 heteroatoms. The lowest BCUT2D eigenvalue weighted by Gasteiger charge is -2.46. The van der Waals surface area contributed by atoms with Crippen molar-refractivity contribution in [2.24, 2.45) is 0 Å². The third-order valence-corrected chi connectivity index (χ3v) is 6.75. The molecule has 3 heterocycles. The first kappa shape index (κ1) is 20.2. The maximum absolute atomic E-state index is 13.0. The summed E-state index contributed by atoms with van der Waals surface area (Å²) >= 11 is 0. The number of ether oxygens (including phenoxy) is 1. The van der Waals surface area contributed by atoms with Crippen LogP contribution in [0.1, 0.15) is 58.2 Å². The number of carbonyl (C=O) groups is 2. The molecule has 1 spiro atoms. The highest BCUT2D eigenvalue weighted by atomic mass is 16.5. The number of amides is 3. The van der Waals surface area contributed by atoms with Crippen LogP contribution in [0.2, 0.25) is 0 Å². The molecule has 0 unspecified atom stereocenters. The minimum Gasteiger partial charge on any atom is -0.352 e. The molecule has 160 valence electrons. The second-order valence-electron chi connectivity index (χ2n) is 8.43. The second-order valence-corrected chi connectivity index (χ2v) is 8.43. The van der Waals surface area contributed by atoms with E-state index in [4.69, 9.17) is 4.74 Å². The first-order valence-electron chi connectivity index (χ1n) is 11.1. The third kappa shape index (κ3) is 3.86. The molecule has 1 saturated carbocycles. The zero-order valence-corrected chi connectivity index (χ0v) is 17.6. The second kappa shape index (κ2) is 8.34. The van der Waals surface area contributed by atoms with E-state index < -0.39 is 11.7 Å². The van der Waals surface area contributed by atoms with Crippen LogP contribution in [-0.4, -0.2) is 69.6 Å². The quantitative estimate of drug-likeness (QED) is 0.835. The Kier molecular flexibility index (Phi) is 5.81. The molecular weight excluding hydrogens is 370 g/mol. The minimum atomic E-state index is -0.598. The molecule has 2 fully saturated rings. The van der Waals surface area contributed by atoms with E-state index in [9.17, 15) is 9.59 Å². The number of carbonyl (C=O) groups excluding carboxylic acids is 2. The number of urea groups is 1. The van der Waals surface area contributed by atoms with Crippen LogP contribution in [0, 0.1) is 0 Å². The van der Waals surface area contributed by atoms with Crippen LogP contribution in [0.25, 0.3) is 0 Å². The number of nitrogens with zero attached hydrogens (tertiary/aromatic N) is 4. The number of fused-ring (bicyclic) bond motifs is 2. The number of imidazole rings is 1. The molecule has 1 aromatic rings. The molecule has 1 aliphatic carbocycles. The SMILES string of the molecule is CCN(CC)C(=O)[C@@H]1Cn2ccnc2C2(CCN(C(=O)NC3CCCC3)CC2)O1. The van der Waals surface area contributed by atoms with Crippen LogP contribution in [0.3, 0.4) is 0 Å². The first-order chi connectivity index (χ1) is 14.1. The summed E-state index contributed by atoms with van der Waals surface area (Å²) in [6.07, 6.45) is 9.09. The molecular formula is C21H33N5O3. The van der Waals surface area contributed by atoms with E-state index in [0.717, 1.165) is 18.7 Å². The average Bonchev–Trinajstić information content (AvgIpc) is 3.41. The van der Waals surface area contributed by atoms with Gasteiger partial charge in [0.05, 0.1) is 6.54 Å². The van der Waals surface area contributed by atoms with Gasteiger partial charge in [0.1, 0.15) is 11.4 Å². The van der Waals surface area contributed by atoms with Gasteiger partial charge in [0.2, 0.25) is 0 Å². The van der Waals surface area contributed by atoms with Crippen molar-refractivity contribution in [3.05, 3.63) is 18.2 Å². The molecule has 0 radical (unpaired) electrons. The van der Waals surface area contributed by atoms with Crippen LogP contribution in [0.15, 0.2) is 12.4 Å². The summed E-state index contributed by atoms with van der Waals surface area (Å²) in [7, 11) is 0. The lowest BCUT2D eigenvalue weighted by Crippen LogP contribution is -2.56. The predicted octanol–water partition coefficient (Wildman–Crippen LogP) is 2.09. The summed E-state index contributed by atoms with van der Waals surface area (Å²) in [5.74, 6) is 0.923. The Morgan fingerprint density at radius 2 is 1.93 bits per heavy atom. The summed E-state index contributed by atoms with van der Waals surface area (Å²) in [5, 5.41) is 3.18. The van der Waals surface area contributed by atoms with Gasteiger partial charge in [-0.05, 0) is 26.7 Å². The van der Waals surface area contributed by atoms with Gasteiger partial charge in [-0.25, -0.2) is 9.78 Å². The summed E-state index contributed by atoms with van der Waals surface area (Å²) < 4.78 is 8.53. The molecule has 1 atom stereocenters. The Bertz CT molecular complexity index is 730. The van der Waals surface area contributed by atoms with Crippen molar-refractivity contribution in [1.29, 1.82) is 0 Å². The van der Waals surface area contributed by atoms with E-state index in [0.29, 0.717) is 51.6 Å². The smallest absolute Gasteiger partial charge is 0.317 e. The Morgan fingerprint density at radius 1 is 1.24 bits per heavy atom. The topological polar surface area (TPSA) is 79.7 Å². The normalized spacial score (nSPS) is 23.8. The van der Waals surface area contributed by atoms with E-state index in [-0.39, 0.29) is 11.9 Å². The fourth-order valence-electron chi connectivity index (χ4n) is 5.01. The first-order valence-corrected chi connectivity index (χ1v) is 11.1. The molecule has 0 bridgehead atoms. The van der Waals surface area contributed by atoms with Crippen molar-refractivity contribution in [1.82, 2.24) is 24.7 Å². The number of piperidine rings is 1. The van der Waals surface area contributed by atoms with Gasteiger partial charge in [0.15, 0.2) is 6.10 Å². The molecule has 1 aromatic heterocycles. The minimum absolute atomic E-state index is 0.0293. The fraction of sp³-hybridized carbons (Fsp3) is 0.762. The van der Waals surface area contributed by atoms with Crippen molar-refractivity contribution in [2.75, 3.05) is 26.2 Å². The molecule has 8 nitrogen and oxygen atoms in total. The molecule has 2 aliphatic heterocycles. The van der Waals surface area contributed by atoms with Gasteiger partial charge in [0.25, 0.3) is 5.91 Å². The molecule has 1 saturated heterocycles. The van der Waals surface area contributed by atoms with Crippen LogP contribution >= 0.6 is 0 Å². The van der Waals surface area contributed by atoms with Crippen molar-refractivity contribution in [3.63, 3.8) is 0 Å². The molecule has 1 N–H and O–H groups in total. The van der Waals surface area contributed by atoms with Crippen LogP contribution in [0.5, 0.6) is 0 Å². The van der Waals surface area contributed by atoms with Gasteiger partial charge in [0, 0.05) is 57.5 Å². The Balaban J connectivity index is 1.46. The van der Waals surface area contributed by atoms with Gasteiger partial charge in [-0.3, -0.25) is 4.79 Å². The van der Waals surface area contributed by atoms with E-state index in [1.807, 2.05) is 29.8 Å². The van der Waals surface area contributed by atoms with Crippen molar-refractivity contribution >= 4 is 11.9 Å². The van der Waals surface area contributed by atoms with Gasteiger partial charge in [-0.2, -0.15) is 0 Å². The van der Waals surface area contributed by atoms with E-state index in [1.165, 1.54) is 12.8 Å². The van der Waals surface area contributed by atoms with Crippen LogP contribution < -0.4 is 5.32 Å². The summed E-state index contributed by atoms with van der Waals surface area (Å²) in [4.78, 5) is 33.9. The molecule has 3 amide bonds. The van der Waals surface area contributed by atoms with E-state index in [1.54, 1.807) is 6.20 Å². The van der Waals surface area contributed by atoms with Gasteiger partial charge in [-0.1, -0.05) is 12.8 Å². The van der Waals surface area contributed by atoms with Crippen LogP contribution in [-0.2, 0) is 21.7 Å². The number of likely N-dealkylation sites (N-methyl/N-ethyl adjacent to an activating group) is 1. The van der Waals surface area contributed by atoms with Crippen molar-refractivity contribution in [3.8, 4) is 0 Å². The highest BCUT2D eigenvalue weighted by molar-refractivity contribution is 5.81. The van der Waals surface area contributed by atoms with Crippen LogP contribution in [0.4, 0.5) is 4.79 Å². The monoisotopic (exact) mass is 403 g/mol. The predicted molar refractivity (Wildman–Crippen MR) is 108 cm³/mol. The molecule has 3 aliphatic rings. The van der Waals surface area contributed by atoms with Gasteiger partial charge < -0.3 is 24.4 Å². The fourth-order valence-corrected chi connectivity index (χ4v) is 5.01. The average molecular weight is 404 g/mol. The van der Waals surface area contributed by atoms with Gasteiger partial charge >= 0.3 is 6.03 Å². The number of hydrogen-bond donors (Lipinski definition) is 1. The summed E-state index contributed by atoms with van der Waals surface area (Å²) in [6.45, 7) is 7.05. The summed E-state index contributed by atoms with van der Waals surface area (Å²) in [6, 6.07) is 0.348. The van der Waals surface area contributed by atoms with Gasteiger partial charge in [-0.15, -0.1) is 0 Å². The highest BCUT2D eigenvalue weighted by Gasteiger charge is 2.48. The number of nitrogens with one attached hydrogen (secondary N) is 1. The Labute approximate surface area is 172 Å². The maximum Gasteiger partial charge on any atom is 0.317 e. The molecule has 4 rings (SSSR count). The summed E-state index contributed by atoms with van der Waals surface area (Å²) in [5.41, 5.74) is -0.598. The zero-order valence-electron chi connectivity index (χ0n) is 17.6. The Morgan fingerprint density at radius 3 is 2.59 bits per heavy atom. The lowest BCUT2D eigenvalue weighted by atomic mass is 9.88. The molecule has 0 aromatic carbocycles.